The highest BCUT2D eigenvalue weighted by Gasteiger charge is 2.48. The molecule has 1 aliphatic rings. The molecule has 5 heteroatoms. The first kappa shape index (κ1) is 16.1. The number of rotatable bonds is 7. The third-order valence-corrected chi connectivity index (χ3v) is 7.53. The Bertz CT molecular complexity index is 217. The third kappa shape index (κ3) is 3.54. The summed E-state index contributed by atoms with van der Waals surface area (Å²) in [6.45, 7) is 5.08. The first-order valence-corrected chi connectivity index (χ1v) is 8.70. The van der Waals surface area contributed by atoms with Crippen molar-refractivity contribution in [2.75, 3.05) is 27.9 Å². The Morgan fingerprint density at radius 1 is 1.00 bits per heavy atom. The minimum absolute atomic E-state index is 0.347. The Balaban J connectivity index is 2.55. The zero-order valence-electron chi connectivity index (χ0n) is 12.4. The highest BCUT2D eigenvalue weighted by molar-refractivity contribution is 6.62. The Kier molecular flexibility index (Phi) is 6.80. The quantitative estimate of drug-likeness (QED) is 0.670. The van der Waals surface area contributed by atoms with Gasteiger partial charge in [0.05, 0.1) is 6.10 Å². The monoisotopic (exact) mass is 276 g/mol. The molecule has 0 aromatic rings. The SMILES string of the molecule is CCOC1CCC(C(C)[Si](OC)(OC)OC)CC1. The molecule has 0 amide bonds. The minimum atomic E-state index is -2.49. The molecule has 1 atom stereocenters. The van der Waals surface area contributed by atoms with Crippen LogP contribution >= 0.6 is 0 Å². The summed E-state index contributed by atoms with van der Waals surface area (Å²) >= 11 is 0. The van der Waals surface area contributed by atoms with E-state index in [-0.39, 0.29) is 0 Å². The largest absolute Gasteiger partial charge is 0.503 e. The van der Waals surface area contributed by atoms with Crippen LogP contribution in [0.25, 0.3) is 0 Å². The lowest BCUT2D eigenvalue weighted by atomic mass is 9.85. The lowest BCUT2D eigenvalue weighted by Crippen LogP contribution is -2.49. The van der Waals surface area contributed by atoms with Crippen LogP contribution in [0, 0.1) is 5.92 Å². The normalized spacial score (nSPS) is 27.2. The van der Waals surface area contributed by atoms with Crippen LogP contribution in [0.15, 0.2) is 0 Å². The predicted molar refractivity (Wildman–Crippen MR) is 73.6 cm³/mol. The molecule has 0 N–H and O–H groups in total. The zero-order valence-corrected chi connectivity index (χ0v) is 13.4. The average molecular weight is 276 g/mol. The third-order valence-electron chi connectivity index (χ3n) is 4.24. The van der Waals surface area contributed by atoms with Gasteiger partial charge in [0.25, 0.3) is 0 Å². The van der Waals surface area contributed by atoms with Crippen LogP contribution in [-0.2, 0) is 18.0 Å². The number of hydrogen-bond donors (Lipinski definition) is 0. The highest BCUT2D eigenvalue weighted by Crippen LogP contribution is 2.40. The maximum atomic E-state index is 5.69. The fourth-order valence-corrected chi connectivity index (χ4v) is 5.61. The zero-order chi connectivity index (χ0) is 13.6. The maximum absolute atomic E-state index is 5.69. The summed E-state index contributed by atoms with van der Waals surface area (Å²) in [7, 11) is 2.60. The lowest BCUT2D eigenvalue weighted by molar-refractivity contribution is 0.0198. The molecule has 0 spiro atoms. The molecule has 0 saturated heterocycles. The molecule has 0 heterocycles. The van der Waals surface area contributed by atoms with Crippen molar-refractivity contribution in [1.29, 1.82) is 0 Å². The first-order chi connectivity index (χ1) is 8.63. The topological polar surface area (TPSA) is 36.9 Å². The van der Waals surface area contributed by atoms with E-state index in [9.17, 15) is 0 Å². The van der Waals surface area contributed by atoms with Crippen molar-refractivity contribution in [1.82, 2.24) is 0 Å². The summed E-state index contributed by atoms with van der Waals surface area (Å²) in [5, 5.41) is 0. The Morgan fingerprint density at radius 3 is 1.89 bits per heavy atom. The summed E-state index contributed by atoms with van der Waals surface area (Å²) in [5.74, 6) is 0.619. The summed E-state index contributed by atoms with van der Waals surface area (Å²) in [5.41, 5.74) is 0.347. The van der Waals surface area contributed by atoms with Gasteiger partial charge in [0.1, 0.15) is 0 Å². The van der Waals surface area contributed by atoms with Gasteiger partial charge in [-0.1, -0.05) is 6.92 Å². The number of hydrogen-bond acceptors (Lipinski definition) is 4. The van der Waals surface area contributed by atoms with E-state index in [1.807, 2.05) is 0 Å². The van der Waals surface area contributed by atoms with Gasteiger partial charge in [0, 0.05) is 33.5 Å². The second-order valence-electron chi connectivity index (χ2n) is 5.00. The Hall–Kier alpha value is 0.0569. The van der Waals surface area contributed by atoms with E-state index in [2.05, 4.69) is 13.8 Å². The van der Waals surface area contributed by atoms with Gasteiger partial charge in [-0.05, 0) is 38.5 Å². The van der Waals surface area contributed by atoms with Gasteiger partial charge < -0.3 is 18.0 Å². The summed E-state index contributed by atoms with van der Waals surface area (Å²) in [4.78, 5) is 0. The standard InChI is InChI=1S/C13H28O4Si/c1-6-17-13-9-7-12(8-10-13)11(2)18(14-3,15-4)16-5/h11-13H,6-10H2,1-5H3. The van der Waals surface area contributed by atoms with E-state index in [1.165, 1.54) is 12.8 Å². The summed E-state index contributed by atoms with van der Waals surface area (Å²) < 4.78 is 22.5. The molecule has 1 unspecified atom stereocenters. The second-order valence-corrected chi connectivity index (χ2v) is 8.34. The van der Waals surface area contributed by atoms with Crippen LogP contribution < -0.4 is 0 Å². The second kappa shape index (κ2) is 7.60. The minimum Gasteiger partial charge on any atom is -0.379 e. The van der Waals surface area contributed by atoms with Crippen LogP contribution in [-0.4, -0.2) is 42.8 Å². The van der Waals surface area contributed by atoms with Crippen LogP contribution in [0.2, 0.25) is 5.54 Å². The summed E-state index contributed by atoms with van der Waals surface area (Å²) in [6.07, 6.45) is 5.09. The van der Waals surface area contributed by atoms with E-state index >= 15 is 0 Å². The summed E-state index contributed by atoms with van der Waals surface area (Å²) in [6, 6.07) is 0. The van der Waals surface area contributed by atoms with Gasteiger partial charge >= 0.3 is 8.80 Å². The fourth-order valence-electron chi connectivity index (χ4n) is 3.09. The van der Waals surface area contributed by atoms with Gasteiger partial charge in [-0.15, -0.1) is 0 Å². The van der Waals surface area contributed by atoms with E-state index in [0.29, 0.717) is 17.6 Å². The molecule has 0 aliphatic heterocycles. The van der Waals surface area contributed by atoms with Gasteiger partial charge in [0.15, 0.2) is 0 Å². The van der Waals surface area contributed by atoms with E-state index in [0.717, 1.165) is 19.4 Å². The van der Waals surface area contributed by atoms with Crippen molar-refractivity contribution in [3.05, 3.63) is 0 Å². The first-order valence-electron chi connectivity index (χ1n) is 6.90. The Labute approximate surface area is 112 Å². The van der Waals surface area contributed by atoms with Crippen LogP contribution in [0.3, 0.4) is 0 Å². The van der Waals surface area contributed by atoms with Crippen molar-refractivity contribution in [2.45, 2.75) is 51.2 Å². The van der Waals surface area contributed by atoms with E-state index < -0.39 is 8.80 Å². The maximum Gasteiger partial charge on any atom is 0.503 e. The van der Waals surface area contributed by atoms with Crippen molar-refractivity contribution >= 4 is 8.80 Å². The molecule has 0 aromatic carbocycles. The van der Waals surface area contributed by atoms with Crippen LogP contribution in [0.4, 0.5) is 0 Å². The Morgan fingerprint density at radius 2 is 1.50 bits per heavy atom. The van der Waals surface area contributed by atoms with Crippen molar-refractivity contribution in [3.63, 3.8) is 0 Å². The molecule has 0 radical (unpaired) electrons. The average Bonchev–Trinajstić information content (AvgIpc) is 2.42. The molecular weight excluding hydrogens is 248 g/mol. The van der Waals surface area contributed by atoms with E-state index in [4.69, 9.17) is 18.0 Å². The molecule has 4 nitrogen and oxygen atoms in total. The molecule has 1 rings (SSSR count). The van der Waals surface area contributed by atoms with Gasteiger partial charge in [-0.25, -0.2) is 0 Å². The molecule has 1 saturated carbocycles. The molecule has 1 fully saturated rings. The fraction of sp³-hybridized carbons (Fsp3) is 1.00. The molecule has 1 aliphatic carbocycles. The van der Waals surface area contributed by atoms with Crippen molar-refractivity contribution in [2.24, 2.45) is 5.92 Å². The highest BCUT2D eigenvalue weighted by atomic mass is 28.4. The van der Waals surface area contributed by atoms with E-state index in [1.54, 1.807) is 21.3 Å². The van der Waals surface area contributed by atoms with Gasteiger partial charge in [-0.2, -0.15) is 0 Å². The molecular formula is C13H28O4Si. The molecule has 18 heavy (non-hydrogen) atoms. The predicted octanol–water partition coefficient (Wildman–Crippen LogP) is 2.85. The van der Waals surface area contributed by atoms with Gasteiger partial charge in [-0.3, -0.25) is 0 Å². The number of ether oxygens (including phenoxy) is 1. The molecule has 0 bridgehead atoms. The smallest absolute Gasteiger partial charge is 0.379 e. The lowest BCUT2D eigenvalue weighted by Gasteiger charge is -2.38. The van der Waals surface area contributed by atoms with Crippen LogP contribution in [0.1, 0.15) is 39.5 Å². The van der Waals surface area contributed by atoms with Crippen LogP contribution in [0.5, 0.6) is 0 Å². The molecule has 0 aromatic heterocycles. The van der Waals surface area contributed by atoms with Crippen molar-refractivity contribution < 1.29 is 18.0 Å². The van der Waals surface area contributed by atoms with Gasteiger partial charge in [0.2, 0.25) is 0 Å². The molecule has 108 valence electrons. The van der Waals surface area contributed by atoms with Crippen molar-refractivity contribution in [3.8, 4) is 0 Å².